The van der Waals surface area contributed by atoms with Crippen LogP contribution in [0.2, 0.25) is 0 Å². The lowest BCUT2D eigenvalue weighted by atomic mass is 10.0. The van der Waals surface area contributed by atoms with Crippen LogP contribution in [0.3, 0.4) is 0 Å². The number of rotatable bonds is 11. The quantitative estimate of drug-likeness (QED) is 0.346. The Kier molecular flexibility index (Phi) is 11.5. The van der Waals surface area contributed by atoms with E-state index in [1.807, 2.05) is 19.9 Å². The molecule has 0 saturated carbocycles. The van der Waals surface area contributed by atoms with E-state index in [0.717, 1.165) is 18.4 Å². The number of carbonyl (C=O) groups excluding carboxylic acids is 1. The summed E-state index contributed by atoms with van der Waals surface area (Å²) in [5, 5.41) is 0. The normalized spacial score (nSPS) is 11.8. The number of hydrogen-bond acceptors (Lipinski definition) is 1. The van der Waals surface area contributed by atoms with Crippen molar-refractivity contribution in [2.75, 3.05) is 0 Å². The predicted octanol–water partition coefficient (Wildman–Crippen LogP) is 5.44. The Balaban J connectivity index is 3.21. The lowest BCUT2D eigenvalue weighted by Gasteiger charge is -2.02. The summed E-state index contributed by atoms with van der Waals surface area (Å²) in [5.41, 5.74) is 0.921. The van der Waals surface area contributed by atoms with E-state index in [4.69, 9.17) is 0 Å². The molecule has 0 unspecified atom stereocenters. The first kappa shape index (κ1) is 16.4. The third-order valence-electron chi connectivity index (χ3n) is 3.38. The summed E-state index contributed by atoms with van der Waals surface area (Å²) in [6.07, 6.45) is 14.5. The molecule has 0 aliphatic carbocycles. The second kappa shape index (κ2) is 11.9. The zero-order valence-corrected chi connectivity index (χ0v) is 12.1. The zero-order chi connectivity index (χ0) is 12.9. The number of allylic oxidation sites excluding steroid dienone is 2. The third-order valence-corrected chi connectivity index (χ3v) is 3.38. The van der Waals surface area contributed by atoms with Crippen molar-refractivity contribution < 1.29 is 4.79 Å². The van der Waals surface area contributed by atoms with E-state index in [9.17, 15) is 4.79 Å². The van der Waals surface area contributed by atoms with E-state index in [1.165, 1.54) is 51.4 Å². The molecule has 17 heavy (non-hydrogen) atoms. The highest BCUT2D eigenvalue weighted by molar-refractivity contribution is 5.94. The maximum absolute atomic E-state index is 11.5. The second-order valence-corrected chi connectivity index (χ2v) is 4.97. The summed E-state index contributed by atoms with van der Waals surface area (Å²) >= 11 is 0. The van der Waals surface area contributed by atoms with Crippen molar-refractivity contribution in [2.24, 2.45) is 0 Å². The largest absolute Gasteiger partial charge is 0.295 e. The van der Waals surface area contributed by atoms with Gasteiger partial charge in [0.2, 0.25) is 0 Å². The molecule has 0 radical (unpaired) electrons. The Morgan fingerprint density at radius 2 is 1.35 bits per heavy atom. The van der Waals surface area contributed by atoms with Gasteiger partial charge in [-0.15, -0.1) is 0 Å². The summed E-state index contributed by atoms with van der Waals surface area (Å²) < 4.78 is 0. The van der Waals surface area contributed by atoms with Crippen LogP contribution < -0.4 is 0 Å². The highest BCUT2D eigenvalue weighted by Crippen LogP contribution is 2.11. The van der Waals surface area contributed by atoms with Crippen LogP contribution in [0.5, 0.6) is 0 Å². The Morgan fingerprint density at radius 3 is 1.82 bits per heavy atom. The fourth-order valence-corrected chi connectivity index (χ4v) is 1.95. The summed E-state index contributed by atoms with van der Waals surface area (Å²) in [4.78, 5) is 11.5. The van der Waals surface area contributed by atoms with Crippen LogP contribution in [-0.4, -0.2) is 5.78 Å². The maximum atomic E-state index is 11.5. The van der Waals surface area contributed by atoms with E-state index in [-0.39, 0.29) is 0 Å². The fourth-order valence-electron chi connectivity index (χ4n) is 1.95. The van der Waals surface area contributed by atoms with Crippen molar-refractivity contribution >= 4 is 5.78 Å². The molecular formula is C16H30O. The van der Waals surface area contributed by atoms with Gasteiger partial charge in [-0.25, -0.2) is 0 Å². The molecular weight excluding hydrogens is 208 g/mol. The lowest BCUT2D eigenvalue weighted by molar-refractivity contribution is -0.115. The molecule has 100 valence electrons. The van der Waals surface area contributed by atoms with Crippen molar-refractivity contribution in [3.8, 4) is 0 Å². The molecule has 1 heteroatoms. The number of Topliss-reactive ketones (excluding diaryl/α,β-unsaturated/α-hetero) is 1. The van der Waals surface area contributed by atoms with Gasteiger partial charge in [-0.2, -0.15) is 0 Å². The first-order valence-corrected chi connectivity index (χ1v) is 7.38. The van der Waals surface area contributed by atoms with Crippen LogP contribution in [0.1, 0.15) is 85.0 Å². The van der Waals surface area contributed by atoms with Crippen LogP contribution in [0.4, 0.5) is 0 Å². The Morgan fingerprint density at radius 1 is 0.882 bits per heavy atom. The summed E-state index contributed by atoms with van der Waals surface area (Å²) in [6.45, 7) is 6.10. The van der Waals surface area contributed by atoms with Gasteiger partial charge in [0.25, 0.3) is 0 Å². The summed E-state index contributed by atoms with van der Waals surface area (Å²) in [7, 11) is 0. The molecule has 1 nitrogen and oxygen atoms in total. The topological polar surface area (TPSA) is 17.1 Å². The minimum absolute atomic E-state index is 0.329. The van der Waals surface area contributed by atoms with Crippen molar-refractivity contribution in [2.45, 2.75) is 85.0 Å². The van der Waals surface area contributed by atoms with E-state index < -0.39 is 0 Å². The molecule has 0 aromatic heterocycles. The van der Waals surface area contributed by atoms with Crippen LogP contribution >= 0.6 is 0 Å². The second-order valence-electron chi connectivity index (χ2n) is 4.97. The Labute approximate surface area is 108 Å². The van der Waals surface area contributed by atoms with Gasteiger partial charge in [-0.1, -0.05) is 64.4 Å². The molecule has 0 aliphatic heterocycles. The molecule has 0 N–H and O–H groups in total. The highest BCUT2D eigenvalue weighted by Gasteiger charge is 2.02. The first-order chi connectivity index (χ1) is 8.22. The van der Waals surface area contributed by atoms with Crippen LogP contribution in [0.25, 0.3) is 0 Å². The Hall–Kier alpha value is -0.590. The molecule has 0 fully saturated rings. The highest BCUT2D eigenvalue weighted by atomic mass is 16.1. The molecule has 0 spiro atoms. The van der Waals surface area contributed by atoms with Crippen molar-refractivity contribution in [3.63, 3.8) is 0 Å². The molecule has 0 bridgehead atoms. The van der Waals surface area contributed by atoms with Gasteiger partial charge < -0.3 is 0 Å². The molecule has 0 saturated heterocycles. The molecule has 0 aliphatic rings. The molecule has 0 atom stereocenters. The van der Waals surface area contributed by atoms with Crippen LogP contribution in [0.15, 0.2) is 11.6 Å². The SMILES string of the molecule is CC=C(C)C(=O)CCCCCCCCCCC. The predicted molar refractivity (Wildman–Crippen MR) is 76.3 cm³/mol. The Bertz CT molecular complexity index is 216. The van der Waals surface area contributed by atoms with Gasteiger partial charge in [0.15, 0.2) is 5.78 Å². The third kappa shape index (κ3) is 10.3. The molecule has 0 rings (SSSR count). The van der Waals surface area contributed by atoms with E-state index in [2.05, 4.69) is 6.92 Å². The van der Waals surface area contributed by atoms with Gasteiger partial charge in [0.1, 0.15) is 0 Å². The van der Waals surface area contributed by atoms with E-state index in [0.29, 0.717) is 5.78 Å². The standard InChI is InChI=1S/C16H30O/c1-4-6-7-8-9-10-11-12-13-14-16(17)15(3)5-2/h5H,4,6-14H2,1-3H3. The number of carbonyl (C=O) groups is 1. The van der Waals surface area contributed by atoms with Gasteiger partial charge >= 0.3 is 0 Å². The van der Waals surface area contributed by atoms with E-state index in [1.54, 1.807) is 0 Å². The van der Waals surface area contributed by atoms with Crippen molar-refractivity contribution in [1.82, 2.24) is 0 Å². The minimum atomic E-state index is 0.329. The zero-order valence-electron chi connectivity index (χ0n) is 12.1. The van der Waals surface area contributed by atoms with Gasteiger partial charge in [-0.3, -0.25) is 4.79 Å². The molecule has 0 amide bonds. The van der Waals surface area contributed by atoms with E-state index >= 15 is 0 Å². The summed E-state index contributed by atoms with van der Waals surface area (Å²) in [6, 6.07) is 0. The molecule has 0 heterocycles. The average molecular weight is 238 g/mol. The molecule has 0 aromatic carbocycles. The smallest absolute Gasteiger partial charge is 0.158 e. The van der Waals surface area contributed by atoms with Gasteiger partial charge in [0.05, 0.1) is 0 Å². The first-order valence-electron chi connectivity index (χ1n) is 7.38. The van der Waals surface area contributed by atoms with Crippen LogP contribution in [0, 0.1) is 0 Å². The lowest BCUT2D eigenvalue weighted by Crippen LogP contribution is -1.98. The van der Waals surface area contributed by atoms with Crippen molar-refractivity contribution in [1.29, 1.82) is 0 Å². The molecule has 0 aromatic rings. The summed E-state index contributed by atoms with van der Waals surface area (Å²) in [5.74, 6) is 0.329. The maximum Gasteiger partial charge on any atom is 0.158 e. The average Bonchev–Trinajstić information content (AvgIpc) is 2.35. The minimum Gasteiger partial charge on any atom is -0.295 e. The number of hydrogen-bond donors (Lipinski definition) is 0. The fraction of sp³-hybridized carbons (Fsp3) is 0.812. The van der Waals surface area contributed by atoms with Gasteiger partial charge in [-0.05, 0) is 25.8 Å². The monoisotopic (exact) mass is 238 g/mol. The number of unbranched alkanes of at least 4 members (excludes halogenated alkanes) is 8. The van der Waals surface area contributed by atoms with Crippen molar-refractivity contribution in [3.05, 3.63) is 11.6 Å². The number of ketones is 1. The van der Waals surface area contributed by atoms with Crippen LogP contribution in [-0.2, 0) is 4.79 Å². The van der Waals surface area contributed by atoms with Gasteiger partial charge in [0, 0.05) is 6.42 Å².